The molecule has 8 nitrogen and oxygen atoms in total. The minimum absolute atomic E-state index is 0.0176. The SMILES string of the molecule is Nc1cnc(-c2ccc(-c3cccnc3S(=O)(=O)C3CCS(=O)(=O)CC3)cc2F)cn1. The normalized spacial score (nSPS) is 16.8. The summed E-state index contributed by atoms with van der Waals surface area (Å²) in [7, 11) is -7.12. The van der Waals surface area contributed by atoms with Gasteiger partial charge in [-0.3, -0.25) is 4.98 Å². The van der Waals surface area contributed by atoms with Crippen molar-refractivity contribution < 1.29 is 21.2 Å². The summed E-state index contributed by atoms with van der Waals surface area (Å²) >= 11 is 0. The number of nitrogens with two attached hydrogens (primary N) is 1. The van der Waals surface area contributed by atoms with Gasteiger partial charge in [-0.05, 0) is 42.7 Å². The van der Waals surface area contributed by atoms with E-state index in [1.807, 2.05) is 0 Å². The zero-order valence-corrected chi connectivity index (χ0v) is 17.9. The molecule has 4 rings (SSSR count). The van der Waals surface area contributed by atoms with E-state index < -0.39 is 30.7 Å². The number of rotatable bonds is 4. The summed E-state index contributed by atoms with van der Waals surface area (Å²) < 4.78 is 64.7. The first-order valence-electron chi connectivity index (χ1n) is 9.44. The van der Waals surface area contributed by atoms with E-state index in [2.05, 4.69) is 15.0 Å². The highest BCUT2D eigenvalue weighted by atomic mass is 32.2. The van der Waals surface area contributed by atoms with Crippen molar-refractivity contribution in [3.63, 3.8) is 0 Å². The Kier molecular flexibility index (Phi) is 5.48. The van der Waals surface area contributed by atoms with Gasteiger partial charge in [0, 0.05) is 17.3 Å². The minimum Gasteiger partial charge on any atom is -0.382 e. The van der Waals surface area contributed by atoms with Crippen molar-refractivity contribution in [1.82, 2.24) is 15.0 Å². The lowest BCUT2D eigenvalue weighted by atomic mass is 10.0. The molecule has 1 saturated heterocycles. The monoisotopic (exact) mass is 462 g/mol. The van der Waals surface area contributed by atoms with E-state index in [-0.39, 0.29) is 46.3 Å². The predicted molar refractivity (Wildman–Crippen MR) is 114 cm³/mol. The van der Waals surface area contributed by atoms with Gasteiger partial charge in [-0.1, -0.05) is 6.07 Å². The van der Waals surface area contributed by atoms with Crippen molar-refractivity contribution >= 4 is 25.5 Å². The Labute approximate surface area is 179 Å². The van der Waals surface area contributed by atoms with Crippen molar-refractivity contribution in [1.29, 1.82) is 0 Å². The zero-order chi connectivity index (χ0) is 22.2. The number of aromatic nitrogens is 3. The van der Waals surface area contributed by atoms with E-state index in [9.17, 15) is 21.2 Å². The van der Waals surface area contributed by atoms with Gasteiger partial charge in [-0.15, -0.1) is 0 Å². The van der Waals surface area contributed by atoms with Crippen LogP contribution >= 0.6 is 0 Å². The van der Waals surface area contributed by atoms with Crippen LogP contribution in [0.1, 0.15) is 12.8 Å². The van der Waals surface area contributed by atoms with Crippen LogP contribution < -0.4 is 5.73 Å². The number of halogens is 1. The molecule has 0 unspecified atom stereocenters. The lowest BCUT2D eigenvalue weighted by molar-refractivity contribution is 0.550. The molecule has 0 radical (unpaired) electrons. The van der Waals surface area contributed by atoms with Gasteiger partial charge < -0.3 is 5.73 Å². The van der Waals surface area contributed by atoms with Crippen LogP contribution in [0.2, 0.25) is 0 Å². The minimum atomic E-state index is -3.91. The standard InChI is InChI=1S/C20H19FN4O4S2/c21-17-10-13(3-4-16(17)18-11-25-19(22)12-24-18)15-2-1-7-23-20(15)31(28,29)14-5-8-30(26,27)9-6-14/h1-4,7,10-12,14H,5-6,8-9H2,(H2,22,25). The predicted octanol–water partition coefficient (Wildman–Crippen LogP) is 2.28. The van der Waals surface area contributed by atoms with Gasteiger partial charge in [-0.2, -0.15) is 0 Å². The second-order valence-electron chi connectivity index (χ2n) is 7.27. The Bertz CT molecular complexity index is 1330. The molecule has 3 heterocycles. The number of benzene rings is 1. The first kappa shape index (κ1) is 21.3. The third-order valence-corrected chi connectivity index (χ3v) is 9.14. The van der Waals surface area contributed by atoms with E-state index in [1.165, 1.54) is 30.7 Å². The molecule has 1 aromatic carbocycles. The lowest BCUT2D eigenvalue weighted by Crippen LogP contribution is -2.33. The van der Waals surface area contributed by atoms with Gasteiger partial charge >= 0.3 is 0 Å². The summed E-state index contributed by atoms with van der Waals surface area (Å²) in [6.45, 7) is 0. The number of anilines is 1. The average Bonchev–Trinajstić information content (AvgIpc) is 2.74. The Balaban J connectivity index is 1.72. The summed E-state index contributed by atoms with van der Waals surface area (Å²) in [4.78, 5) is 12.0. The maximum absolute atomic E-state index is 14.9. The highest BCUT2D eigenvalue weighted by Crippen LogP contribution is 2.33. The van der Waals surface area contributed by atoms with Crippen LogP contribution in [0.4, 0.5) is 10.2 Å². The quantitative estimate of drug-likeness (QED) is 0.624. The van der Waals surface area contributed by atoms with Crippen LogP contribution in [0, 0.1) is 5.82 Å². The van der Waals surface area contributed by atoms with Crippen LogP contribution in [0.15, 0.2) is 53.9 Å². The third-order valence-electron chi connectivity index (χ3n) is 5.21. The van der Waals surface area contributed by atoms with Gasteiger partial charge in [0.2, 0.25) is 0 Å². The molecular weight excluding hydrogens is 443 g/mol. The maximum Gasteiger partial charge on any atom is 0.199 e. The fourth-order valence-corrected chi connectivity index (χ4v) is 7.20. The number of nitrogen functional groups attached to an aromatic ring is 1. The molecule has 2 aromatic heterocycles. The molecule has 0 spiro atoms. The Morgan fingerprint density at radius 3 is 2.39 bits per heavy atom. The van der Waals surface area contributed by atoms with E-state index in [0.29, 0.717) is 11.3 Å². The average molecular weight is 463 g/mol. The van der Waals surface area contributed by atoms with Crippen molar-refractivity contribution in [2.45, 2.75) is 23.1 Å². The molecule has 11 heteroatoms. The fourth-order valence-electron chi connectivity index (χ4n) is 3.54. The van der Waals surface area contributed by atoms with Crippen molar-refractivity contribution in [3.05, 3.63) is 54.7 Å². The van der Waals surface area contributed by atoms with Crippen LogP contribution in [-0.4, -0.2) is 48.5 Å². The van der Waals surface area contributed by atoms with Crippen molar-refractivity contribution in [3.8, 4) is 22.4 Å². The smallest absolute Gasteiger partial charge is 0.199 e. The molecule has 0 saturated carbocycles. The Morgan fingerprint density at radius 1 is 1.00 bits per heavy atom. The second kappa shape index (κ2) is 7.97. The molecule has 0 atom stereocenters. The molecule has 2 N–H and O–H groups in total. The number of nitrogens with zero attached hydrogens (tertiary/aromatic N) is 3. The molecule has 0 aliphatic carbocycles. The number of hydrogen-bond acceptors (Lipinski definition) is 8. The first-order chi connectivity index (χ1) is 14.7. The highest BCUT2D eigenvalue weighted by Gasteiger charge is 2.36. The Morgan fingerprint density at radius 2 is 1.74 bits per heavy atom. The summed E-state index contributed by atoms with van der Waals surface area (Å²) in [5.41, 5.74) is 6.59. The van der Waals surface area contributed by atoms with Gasteiger partial charge in [-0.25, -0.2) is 31.2 Å². The van der Waals surface area contributed by atoms with E-state index in [4.69, 9.17) is 5.73 Å². The molecule has 162 valence electrons. The van der Waals surface area contributed by atoms with Crippen molar-refractivity contribution in [2.75, 3.05) is 17.2 Å². The number of sulfone groups is 2. The largest absolute Gasteiger partial charge is 0.382 e. The number of pyridine rings is 1. The van der Waals surface area contributed by atoms with Crippen molar-refractivity contribution in [2.24, 2.45) is 0 Å². The van der Waals surface area contributed by atoms with Gasteiger partial charge in [0.15, 0.2) is 14.9 Å². The van der Waals surface area contributed by atoms with Crippen LogP contribution in [0.25, 0.3) is 22.4 Å². The fraction of sp³-hybridized carbons (Fsp3) is 0.250. The molecule has 3 aromatic rings. The summed E-state index contributed by atoms with van der Waals surface area (Å²) in [5, 5.41) is -1.03. The highest BCUT2D eigenvalue weighted by molar-refractivity contribution is 7.93. The Hall–Kier alpha value is -2.92. The second-order valence-corrected chi connectivity index (χ2v) is 11.7. The third kappa shape index (κ3) is 4.28. The molecular formula is C20H19FN4O4S2. The zero-order valence-electron chi connectivity index (χ0n) is 16.3. The topological polar surface area (TPSA) is 133 Å². The molecule has 0 amide bonds. The first-order valence-corrected chi connectivity index (χ1v) is 12.8. The van der Waals surface area contributed by atoms with E-state index >= 15 is 0 Å². The van der Waals surface area contributed by atoms with Gasteiger partial charge in [0.25, 0.3) is 0 Å². The molecule has 0 bridgehead atoms. The van der Waals surface area contributed by atoms with E-state index in [1.54, 1.807) is 18.2 Å². The maximum atomic E-state index is 14.9. The lowest BCUT2D eigenvalue weighted by Gasteiger charge is -2.22. The number of hydrogen-bond donors (Lipinski definition) is 1. The summed E-state index contributed by atoms with van der Waals surface area (Å²) in [6.07, 6.45) is 4.06. The van der Waals surface area contributed by atoms with Crippen LogP contribution in [0.3, 0.4) is 0 Å². The molecule has 31 heavy (non-hydrogen) atoms. The summed E-state index contributed by atoms with van der Waals surface area (Å²) in [6, 6.07) is 7.40. The van der Waals surface area contributed by atoms with Crippen LogP contribution in [0.5, 0.6) is 0 Å². The molecule has 1 fully saturated rings. The van der Waals surface area contributed by atoms with Gasteiger partial charge in [0.1, 0.15) is 21.5 Å². The summed E-state index contributed by atoms with van der Waals surface area (Å²) in [5.74, 6) is -0.746. The molecule has 1 aliphatic heterocycles. The van der Waals surface area contributed by atoms with E-state index in [0.717, 1.165) is 0 Å². The molecule has 1 aliphatic rings. The van der Waals surface area contributed by atoms with Crippen LogP contribution in [-0.2, 0) is 19.7 Å². The van der Waals surface area contributed by atoms with Gasteiger partial charge in [0.05, 0.1) is 34.8 Å².